The molecule has 0 aliphatic rings. The summed E-state index contributed by atoms with van der Waals surface area (Å²) in [6, 6.07) is 0. The van der Waals surface area contributed by atoms with Crippen molar-refractivity contribution in [3.05, 3.63) is 0 Å². The topological polar surface area (TPSA) is 52.0 Å². The molecule has 0 amide bonds. The monoisotopic (exact) mass is 243 g/mol. The Morgan fingerprint density at radius 2 is 2.11 bits per heavy atom. The zero-order chi connectivity index (χ0) is 7.11. The van der Waals surface area contributed by atoms with E-state index in [9.17, 15) is 0 Å². The Hall–Kier alpha value is 0.650. The summed E-state index contributed by atoms with van der Waals surface area (Å²) in [5.41, 5.74) is 10.9. The zero-order valence-corrected chi connectivity index (χ0v) is 8.10. The van der Waals surface area contributed by atoms with E-state index in [1.165, 1.54) is 17.3 Å². The second kappa shape index (κ2) is 6.77. The summed E-state index contributed by atoms with van der Waals surface area (Å²) in [6.45, 7) is 2.93. The van der Waals surface area contributed by atoms with Crippen LogP contribution in [0.5, 0.6) is 0 Å². The number of nitrogens with two attached hydrogens (primary N) is 2. The zero-order valence-electron chi connectivity index (χ0n) is 5.94. The van der Waals surface area contributed by atoms with Crippen LogP contribution < -0.4 is 32.7 Å². The Morgan fingerprint density at radius 1 is 1.44 bits per heavy atom. The average Bonchev–Trinajstić information content (AvgIpc) is 1.80. The predicted octanol–water partition coefficient (Wildman–Crippen LogP) is -2.88. The maximum absolute atomic E-state index is 5.59. The van der Waals surface area contributed by atoms with Crippen molar-refractivity contribution in [3.8, 4) is 0 Å². The van der Waals surface area contributed by atoms with Crippen LogP contribution in [0.2, 0.25) is 0 Å². The quantitative estimate of drug-likeness (QED) is 0.236. The predicted molar refractivity (Wildman–Crippen MR) is 36.8 cm³/mol. The third kappa shape index (κ3) is 8.65. The fourth-order valence-corrected chi connectivity index (χ4v) is 2.45. The Balaban J connectivity index is 2.75. The first kappa shape index (κ1) is 9.65. The first-order valence-electron chi connectivity index (χ1n) is 3.30. The second-order valence-corrected chi connectivity index (χ2v) is 5.94. The molecule has 0 spiro atoms. The van der Waals surface area contributed by atoms with Gasteiger partial charge in [-0.1, -0.05) is 0 Å². The molecule has 0 fully saturated rings. The SMILES string of the molecule is CC(N)[I-]CCCCN. The van der Waals surface area contributed by atoms with Crippen molar-refractivity contribution in [1.82, 2.24) is 0 Å². The molecule has 4 N–H and O–H groups in total. The molecule has 0 aromatic heterocycles. The van der Waals surface area contributed by atoms with E-state index in [4.69, 9.17) is 11.5 Å². The van der Waals surface area contributed by atoms with Gasteiger partial charge in [0.1, 0.15) is 0 Å². The van der Waals surface area contributed by atoms with E-state index >= 15 is 0 Å². The van der Waals surface area contributed by atoms with Gasteiger partial charge in [-0.2, -0.15) is 0 Å². The van der Waals surface area contributed by atoms with Gasteiger partial charge >= 0.3 is 67.5 Å². The van der Waals surface area contributed by atoms with Crippen molar-refractivity contribution in [2.24, 2.45) is 11.5 Å². The minimum absolute atomic E-state index is 0.275. The summed E-state index contributed by atoms with van der Waals surface area (Å²) < 4.78 is 1.81. The van der Waals surface area contributed by atoms with Crippen LogP contribution in [-0.4, -0.2) is 15.0 Å². The Labute approximate surface area is 67.6 Å². The summed E-state index contributed by atoms with van der Waals surface area (Å²) in [4.78, 5) is 0. The normalized spacial score (nSPS) is 14.1. The average molecular weight is 243 g/mol. The van der Waals surface area contributed by atoms with Crippen molar-refractivity contribution in [3.63, 3.8) is 0 Å². The molecule has 9 heavy (non-hydrogen) atoms. The number of hydrogen-bond acceptors (Lipinski definition) is 2. The van der Waals surface area contributed by atoms with E-state index in [2.05, 4.69) is 6.92 Å². The van der Waals surface area contributed by atoms with Gasteiger partial charge in [0.2, 0.25) is 0 Å². The third-order valence-corrected chi connectivity index (χ3v) is 3.72. The molecule has 1 atom stereocenters. The molecule has 0 aliphatic heterocycles. The molecule has 2 nitrogen and oxygen atoms in total. The van der Waals surface area contributed by atoms with E-state index in [1.807, 2.05) is 0 Å². The van der Waals surface area contributed by atoms with Gasteiger partial charge in [-0.3, -0.25) is 0 Å². The van der Waals surface area contributed by atoms with Crippen molar-refractivity contribution >= 4 is 0 Å². The van der Waals surface area contributed by atoms with E-state index in [0.29, 0.717) is 4.05 Å². The van der Waals surface area contributed by atoms with Crippen LogP contribution in [0.4, 0.5) is 0 Å². The van der Waals surface area contributed by atoms with Crippen LogP contribution in [0, 0.1) is 0 Å². The first-order valence-corrected chi connectivity index (χ1v) is 6.08. The number of rotatable bonds is 5. The molecule has 1 unspecified atom stereocenters. The maximum atomic E-state index is 5.59. The van der Waals surface area contributed by atoms with Gasteiger partial charge in [0, 0.05) is 0 Å². The molecule has 58 valence electrons. The van der Waals surface area contributed by atoms with Gasteiger partial charge in [0.05, 0.1) is 0 Å². The molecule has 0 saturated carbocycles. The Morgan fingerprint density at radius 3 is 2.56 bits per heavy atom. The van der Waals surface area contributed by atoms with Crippen LogP contribution in [-0.2, 0) is 0 Å². The summed E-state index contributed by atoms with van der Waals surface area (Å²) in [5, 5.41) is 0. The molecule has 0 saturated heterocycles. The van der Waals surface area contributed by atoms with Crippen LogP contribution in [0.1, 0.15) is 19.8 Å². The van der Waals surface area contributed by atoms with Crippen molar-refractivity contribution in [2.45, 2.75) is 23.8 Å². The van der Waals surface area contributed by atoms with Crippen LogP contribution in [0.3, 0.4) is 0 Å². The van der Waals surface area contributed by atoms with E-state index in [1.54, 1.807) is 0 Å². The van der Waals surface area contributed by atoms with E-state index in [0.717, 1.165) is 6.54 Å². The Kier molecular flexibility index (Phi) is 7.25. The number of alkyl halides is 2. The summed E-state index contributed by atoms with van der Waals surface area (Å²) >= 11 is 0.275. The number of unbranched alkanes of at least 4 members (excludes halogenated alkanes) is 1. The van der Waals surface area contributed by atoms with Crippen LogP contribution >= 0.6 is 0 Å². The second-order valence-electron chi connectivity index (χ2n) is 2.02. The van der Waals surface area contributed by atoms with Gasteiger partial charge < -0.3 is 0 Å². The van der Waals surface area contributed by atoms with Crippen molar-refractivity contribution in [2.75, 3.05) is 11.0 Å². The molecular weight excluding hydrogens is 227 g/mol. The first-order chi connectivity index (χ1) is 4.27. The van der Waals surface area contributed by atoms with E-state index < -0.39 is 0 Å². The summed E-state index contributed by atoms with van der Waals surface area (Å²) in [6.07, 6.45) is 2.46. The van der Waals surface area contributed by atoms with Gasteiger partial charge in [-0.25, -0.2) is 0 Å². The van der Waals surface area contributed by atoms with Gasteiger partial charge in [-0.15, -0.1) is 0 Å². The molecule has 0 radical (unpaired) electrons. The molecule has 0 aromatic rings. The fourth-order valence-electron chi connectivity index (χ4n) is 0.488. The molecule has 0 rings (SSSR count). The molecule has 0 bridgehead atoms. The molecular formula is C6H16IN2-. The van der Waals surface area contributed by atoms with Gasteiger partial charge in [0.25, 0.3) is 0 Å². The van der Waals surface area contributed by atoms with Crippen molar-refractivity contribution in [1.29, 1.82) is 0 Å². The molecule has 0 heterocycles. The third-order valence-electron chi connectivity index (χ3n) is 0.940. The van der Waals surface area contributed by atoms with Crippen LogP contribution in [0.15, 0.2) is 0 Å². The standard InChI is InChI=1S/C6H16IN2/c1-6(9)7-4-2-3-5-8/h6H,2-5,8-9H2,1H3/q-1. The van der Waals surface area contributed by atoms with Gasteiger partial charge in [-0.05, 0) is 0 Å². The number of halogens is 1. The minimum atomic E-state index is 0.275. The van der Waals surface area contributed by atoms with E-state index in [-0.39, 0.29) is 21.2 Å². The number of hydrogen-bond donors (Lipinski definition) is 2. The Bertz CT molecular complexity index is 57.0. The van der Waals surface area contributed by atoms with Gasteiger partial charge in [0.15, 0.2) is 0 Å². The molecule has 0 aromatic carbocycles. The summed E-state index contributed by atoms with van der Waals surface area (Å²) in [5.74, 6) is 0. The fraction of sp³-hybridized carbons (Fsp3) is 1.00. The molecule has 3 heteroatoms. The summed E-state index contributed by atoms with van der Waals surface area (Å²) in [7, 11) is 0. The molecule has 0 aliphatic carbocycles. The van der Waals surface area contributed by atoms with Crippen LogP contribution in [0.25, 0.3) is 0 Å². The van der Waals surface area contributed by atoms with Crippen molar-refractivity contribution < 1.29 is 21.2 Å².